The minimum atomic E-state index is 0. The van der Waals surface area contributed by atoms with Crippen molar-refractivity contribution in [1.29, 1.82) is 0 Å². The largest absolute Gasteiger partial charge is 2.00 e. The van der Waals surface area contributed by atoms with Gasteiger partial charge in [-0.25, -0.2) is 0 Å². The molecule has 0 amide bonds. The molecule has 2 nitrogen and oxygen atoms in total. The van der Waals surface area contributed by atoms with Crippen LogP contribution in [0, 0.1) is 23.7 Å². The minimum Gasteiger partial charge on any atom is -1.00 e. The van der Waals surface area contributed by atoms with Crippen LogP contribution >= 0.6 is 0 Å². The number of rotatable bonds is 2. The molecule has 7 rings (SSSR count). The van der Waals surface area contributed by atoms with Crippen LogP contribution in [0.25, 0.3) is 10.8 Å². The van der Waals surface area contributed by atoms with Crippen LogP contribution in [-0.2, 0) is 19.5 Å². The topological polar surface area (TPSA) is 24.7 Å². The molecule has 5 aliphatic carbocycles. The summed E-state index contributed by atoms with van der Waals surface area (Å²) in [6, 6.07) is 14.6. The van der Waals surface area contributed by atoms with E-state index < -0.39 is 0 Å². The zero-order valence-electron chi connectivity index (χ0n) is 17.9. The van der Waals surface area contributed by atoms with Crippen LogP contribution in [0.15, 0.2) is 46.4 Å². The summed E-state index contributed by atoms with van der Waals surface area (Å²) in [5.74, 6) is 3.52. The molecule has 4 bridgehead atoms. The van der Waals surface area contributed by atoms with Gasteiger partial charge in [-0.15, -0.1) is 0 Å². The Bertz CT molecular complexity index is 970. The third-order valence-corrected chi connectivity index (χ3v) is 8.63. The minimum absolute atomic E-state index is 0. The molecule has 4 saturated carbocycles. The van der Waals surface area contributed by atoms with Crippen LogP contribution in [0.3, 0.4) is 0 Å². The maximum Gasteiger partial charge on any atom is 2.00 e. The van der Waals surface area contributed by atoms with Crippen LogP contribution < -0.4 is 24.8 Å². The van der Waals surface area contributed by atoms with Gasteiger partial charge in [-0.05, 0) is 67.6 Å². The predicted octanol–water partition coefficient (Wildman–Crippen LogP) is -0.186. The van der Waals surface area contributed by atoms with Gasteiger partial charge >= 0.3 is 19.5 Å². The van der Waals surface area contributed by atoms with Crippen LogP contribution in [0.4, 0.5) is 0 Å². The third-order valence-electron chi connectivity index (χ3n) is 8.63. The molecule has 0 aliphatic heterocycles. The quantitative estimate of drug-likeness (QED) is 0.507. The van der Waals surface area contributed by atoms with Gasteiger partial charge in [-0.3, -0.25) is 9.98 Å². The zero-order valence-corrected chi connectivity index (χ0v) is 22.4. The fourth-order valence-electron chi connectivity index (χ4n) is 7.32. The number of benzene rings is 2. The molecule has 0 heterocycles. The summed E-state index contributed by atoms with van der Waals surface area (Å²) in [6.07, 6.45) is 11.1. The summed E-state index contributed by atoms with van der Waals surface area (Å²) >= 11 is 0. The van der Waals surface area contributed by atoms with Crippen molar-refractivity contribution in [1.82, 2.24) is 0 Å². The van der Waals surface area contributed by atoms with Gasteiger partial charge in [0.2, 0.25) is 0 Å². The van der Waals surface area contributed by atoms with E-state index >= 15 is 0 Å². The molecule has 0 unspecified atom stereocenters. The third kappa shape index (κ3) is 3.64. The Morgan fingerprint density at radius 1 is 0.613 bits per heavy atom. The Hall–Kier alpha value is -0.757. The van der Waals surface area contributed by atoms with E-state index in [4.69, 9.17) is 9.98 Å². The molecule has 0 saturated heterocycles. The fourth-order valence-corrected chi connectivity index (χ4v) is 7.32. The molecule has 6 atom stereocenters. The summed E-state index contributed by atoms with van der Waals surface area (Å²) in [5, 5.41) is 2.74. The fraction of sp³-hybridized carbons (Fsp3) is 0.538. The van der Waals surface area contributed by atoms with Gasteiger partial charge in [0, 0.05) is 16.5 Å². The van der Waals surface area contributed by atoms with E-state index in [1.54, 1.807) is 0 Å². The van der Waals surface area contributed by atoms with Crippen molar-refractivity contribution in [3.05, 3.63) is 47.5 Å². The molecule has 2 aromatic rings. The number of hydrogen-bond donors (Lipinski definition) is 0. The number of halogens is 2. The van der Waals surface area contributed by atoms with Crippen molar-refractivity contribution < 1.29 is 44.3 Å². The van der Waals surface area contributed by atoms with E-state index in [-0.39, 0.29) is 44.3 Å². The van der Waals surface area contributed by atoms with E-state index in [1.165, 1.54) is 84.7 Å². The van der Waals surface area contributed by atoms with Crippen molar-refractivity contribution in [3.8, 4) is 0 Å². The first-order chi connectivity index (χ1) is 13.8. The molecule has 0 N–H and O–H groups in total. The molecule has 4 fully saturated rings. The smallest absolute Gasteiger partial charge is 1.00 e. The van der Waals surface area contributed by atoms with Gasteiger partial charge in [0.05, 0.1) is 23.5 Å². The van der Waals surface area contributed by atoms with Crippen LogP contribution in [0.2, 0.25) is 0 Å². The number of hydrogen-bond acceptors (Lipinski definition) is 2. The summed E-state index contributed by atoms with van der Waals surface area (Å²) in [7, 11) is 0. The van der Waals surface area contributed by atoms with Crippen LogP contribution in [-0.4, -0.2) is 23.5 Å². The average molecular weight is 505 g/mol. The Kier molecular flexibility index (Phi) is 6.71. The van der Waals surface area contributed by atoms with Gasteiger partial charge in [0.25, 0.3) is 0 Å². The van der Waals surface area contributed by atoms with Crippen molar-refractivity contribution in [2.75, 3.05) is 0 Å². The molecule has 2 aromatic carbocycles. The Morgan fingerprint density at radius 3 is 1.48 bits per heavy atom. The van der Waals surface area contributed by atoms with Crippen molar-refractivity contribution >= 4 is 22.2 Å². The molecular weight excluding hydrogens is 477 g/mol. The van der Waals surface area contributed by atoms with E-state index in [0.717, 1.165) is 23.7 Å². The summed E-state index contributed by atoms with van der Waals surface area (Å²) in [5.41, 5.74) is 5.15. The summed E-state index contributed by atoms with van der Waals surface area (Å²) in [6.45, 7) is 0. The van der Waals surface area contributed by atoms with Crippen molar-refractivity contribution in [2.24, 2.45) is 33.7 Å². The molecule has 31 heavy (non-hydrogen) atoms. The van der Waals surface area contributed by atoms with E-state index in [1.807, 2.05) is 0 Å². The van der Waals surface area contributed by atoms with Gasteiger partial charge in [-0.1, -0.05) is 49.2 Å². The Morgan fingerprint density at radius 2 is 1.10 bits per heavy atom. The summed E-state index contributed by atoms with van der Waals surface area (Å²) in [4.78, 5) is 10.9. The zero-order chi connectivity index (χ0) is 18.2. The first-order valence-electron chi connectivity index (χ1n) is 11.5. The monoisotopic (exact) mass is 502 g/mol. The van der Waals surface area contributed by atoms with E-state index in [0.29, 0.717) is 12.1 Å². The second kappa shape index (κ2) is 8.88. The first-order valence-corrected chi connectivity index (χ1v) is 11.5. The second-order valence-electron chi connectivity index (χ2n) is 10.1. The number of fused-ring (bicyclic) bond motifs is 4. The molecule has 158 valence electrons. The Labute approximate surface area is 210 Å². The standard InChI is InChI=1S/C26H28N2.2ClH.Zn/c1-3-17-4-2-6-21-24(17)20(5-1)25(27-22-13-15-7-9-18(22)11-15)26(21)28-23-14-16-8-10-19(23)12-16;;;/h1-6,15-16,18-19,22-23H,7-14H2;2*1H;/q;;;+2/p-2/t15-,16+,18+,19-,22+,23-;;;. The molecule has 0 spiro atoms. The van der Waals surface area contributed by atoms with E-state index in [2.05, 4.69) is 36.4 Å². The molecule has 5 aliphatic rings. The van der Waals surface area contributed by atoms with Crippen LogP contribution in [0.1, 0.15) is 62.5 Å². The number of aliphatic imine (C=N–C) groups is 2. The average Bonchev–Trinajstić information content (AvgIpc) is 3.53. The normalized spacial score (nSPS) is 36.6. The second-order valence-corrected chi connectivity index (χ2v) is 10.1. The number of nitrogens with zero attached hydrogens (tertiary/aromatic N) is 2. The summed E-state index contributed by atoms with van der Waals surface area (Å²) < 4.78 is 0. The SMILES string of the molecule is [Cl-].[Cl-].[Zn+2].c1cc2c3c(cccc3c1)C(=N[C@@H]1C[C@H]3CC[C@@H]1C3)C2=N[C@H]1C[C@@H]2CC[C@H]1C2. The maximum absolute atomic E-state index is 5.47. The van der Waals surface area contributed by atoms with Crippen LogP contribution in [0.5, 0.6) is 0 Å². The van der Waals surface area contributed by atoms with E-state index in [9.17, 15) is 0 Å². The van der Waals surface area contributed by atoms with Crippen molar-refractivity contribution in [3.63, 3.8) is 0 Å². The molecular formula is C26H28Cl2N2Zn. The molecule has 5 heteroatoms. The van der Waals surface area contributed by atoms with Gasteiger partial charge < -0.3 is 24.8 Å². The first kappa shape index (κ1) is 23.4. The van der Waals surface area contributed by atoms with Crippen molar-refractivity contribution in [2.45, 2.75) is 63.5 Å². The predicted molar refractivity (Wildman–Crippen MR) is 115 cm³/mol. The molecule has 0 aromatic heterocycles. The maximum atomic E-state index is 5.47. The Balaban J connectivity index is 0.000000771. The van der Waals surface area contributed by atoms with Gasteiger partial charge in [-0.2, -0.15) is 0 Å². The van der Waals surface area contributed by atoms with Gasteiger partial charge in [0.15, 0.2) is 0 Å². The molecule has 0 radical (unpaired) electrons. The van der Waals surface area contributed by atoms with Gasteiger partial charge in [0.1, 0.15) is 0 Å².